The summed E-state index contributed by atoms with van der Waals surface area (Å²) >= 11 is 6.35. The van der Waals surface area contributed by atoms with Crippen LogP contribution in [0.25, 0.3) is 0 Å². The molecule has 7 heteroatoms. The number of methoxy groups -OCH3 is 1. The van der Waals surface area contributed by atoms with Crippen LogP contribution < -0.4 is 0 Å². The van der Waals surface area contributed by atoms with Crippen molar-refractivity contribution >= 4 is 28.6 Å². The minimum absolute atomic E-state index is 0.0502. The van der Waals surface area contributed by atoms with Gasteiger partial charge in [-0.05, 0) is 109 Å². The highest BCUT2D eigenvalue weighted by atomic mass is 35.5. The highest BCUT2D eigenvalue weighted by Gasteiger charge is 2.72. The second kappa shape index (κ2) is 8.08. The van der Waals surface area contributed by atoms with Crippen LogP contribution in [-0.4, -0.2) is 29.3 Å². The van der Waals surface area contributed by atoms with E-state index in [4.69, 9.17) is 20.9 Å². The van der Waals surface area contributed by atoms with Gasteiger partial charge in [-0.3, -0.25) is 14.4 Å². The van der Waals surface area contributed by atoms with Gasteiger partial charge in [-0.25, -0.2) is 0 Å². The van der Waals surface area contributed by atoms with Crippen LogP contribution >= 0.6 is 11.6 Å². The molecule has 0 amide bonds. The highest BCUT2D eigenvalue weighted by molar-refractivity contribution is 6.65. The first-order valence-corrected chi connectivity index (χ1v) is 15.0. The number of ketones is 1. The topological polar surface area (TPSA) is 86.5 Å². The molecule has 1 aromatic rings. The fraction of sp³-hybridized carbons (Fsp3) is 0.750. The molecule has 5 aliphatic carbocycles. The van der Waals surface area contributed by atoms with Crippen molar-refractivity contribution in [2.45, 2.75) is 98.3 Å². The summed E-state index contributed by atoms with van der Waals surface area (Å²) in [5, 5.41) is 3.63. The van der Waals surface area contributed by atoms with Crippen molar-refractivity contribution in [3.63, 3.8) is 0 Å². The van der Waals surface area contributed by atoms with Gasteiger partial charge in [0.15, 0.2) is 11.5 Å². The number of carbonyl (C=O) groups is 3. The van der Waals surface area contributed by atoms with Crippen LogP contribution in [0.2, 0.25) is 0 Å². The van der Waals surface area contributed by atoms with E-state index in [9.17, 15) is 14.4 Å². The number of hydrogen-bond donors (Lipinski definition) is 0. The van der Waals surface area contributed by atoms with E-state index in [0.717, 1.165) is 56.1 Å². The van der Waals surface area contributed by atoms with Gasteiger partial charge in [-0.15, -0.1) is 0 Å². The molecule has 8 atom stereocenters. The highest BCUT2D eigenvalue weighted by Crippen LogP contribution is 2.75. The lowest BCUT2D eigenvalue weighted by molar-refractivity contribution is -0.191. The Labute approximate surface area is 236 Å². The van der Waals surface area contributed by atoms with E-state index in [1.807, 2.05) is 13.0 Å². The van der Waals surface area contributed by atoms with Crippen LogP contribution in [0, 0.1) is 44.8 Å². The maximum atomic E-state index is 14.5. The zero-order valence-corrected chi connectivity index (χ0v) is 25.2. The van der Waals surface area contributed by atoms with Crippen LogP contribution in [0.1, 0.15) is 97.8 Å². The molecule has 6 nitrogen and oxygen atoms in total. The van der Waals surface area contributed by atoms with Crippen LogP contribution in [0.5, 0.6) is 0 Å². The number of nitrogens with zero attached hydrogens (tertiary/aromatic N) is 1. The van der Waals surface area contributed by atoms with Gasteiger partial charge in [0.25, 0.3) is 0 Å². The standard InChI is InChI=1S/C32H42ClNO5/c1-27(2)10-12-32(26(37)38-7)13-11-30(5)23(19(32)16-27)20(35)14-22-28(3)15-18-17-34-39-24(18)31(6,25(33)36)21(28)8-9-29(22,30)4/h14,17,19,21,23H,8-13,15-16H2,1-7H3/t19-,21?,23-,28-,29+,30+,31-,32-/m0/s1. The first-order valence-electron chi connectivity index (χ1n) is 14.6. The monoisotopic (exact) mass is 555 g/mol. The molecular weight excluding hydrogens is 514 g/mol. The minimum atomic E-state index is -1.01. The Hall–Kier alpha value is -1.95. The SMILES string of the molecule is COC(=O)[C@]12CCC(C)(C)C[C@H]1[C@H]1C(=O)C=C3[C@@]4(C)Cc5cnoc5[C@@](C)(C(=O)Cl)C4CC[C@@]3(C)[C@]1(C)CC2. The third kappa shape index (κ3) is 3.16. The number of rotatable bonds is 2. The summed E-state index contributed by atoms with van der Waals surface area (Å²) in [5.74, 6) is 0.176. The Morgan fingerprint density at radius 3 is 2.41 bits per heavy atom. The number of halogens is 1. The normalized spacial score (nSPS) is 46.0. The molecule has 1 aromatic heterocycles. The maximum Gasteiger partial charge on any atom is 0.312 e. The van der Waals surface area contributed by atoms with Crippen molar-refractivity contribution in [1.29, 1.82) is 0 Å². The van der Waals surface area contributed by atoms with Gasteiger partial charge in [0, 0.05) is 11.5 Å². The molecule has 3 fully saturated rings. The van der Waals surface area contributed by atoms with Crippen molar-refractivity contribution in [2.24, 2.45) is 44.8 Å². The van der Waals surface area contributed by atoms with E-state index in [1.54, 1.807) is 6.20 Å². The molecule has 3 saturated carbocycles. The smallest absolute Gasteiger partial charge is 0.312 e. The van der Waals surface area contributed by atoms with Crippen LogP contribution in [0.4, 0.5) is 0 Å². The van der Waals surface area contributed by atoms with E-state index in [0.29, 0.717) is 12.2 Å². The number of hydrogen-bond acceptors (Lipinski definition) is 6. The Kier molecular flexibility index (Phi) is 5.64. The van der Waals surface area contributed by atoms with E-state index < -0.39 is 21.5 Å². The second-order valence-electron chi connectivity index (χ2n) is 15.2. The fourth-order valence-electron chi connectivity index (χ4n) is 10.8. The summed E-state index contributed by atoms with van der Waals surface area (Å²) in [5.41, 5.74) is -0.519. The lowest BCUT2D eigenvalue weighted by Gasteiger charge is -2.69. The van der Waals surface area contributed by atoms with E-state index >= 15 is 0 Å². The molecule has 39 heavy (non-hydrogen) atoms. The van der Waals surface area contributed by atoms with Gasteiger partial charge in [-0.1, -0.05) is 45.3 Å². The summed E-state index contributed by atoms with van der Waals surface area (Å²) in [6.07, 6.45) is 10.1. The quantitative estimate of drug-likeness (QED) is 0.302. The Morgan fingerprint density at radius 1 is 1.05 bits per heavy atom. The fourth-order valence-corrected chi connectivity index (χ4v) is 11.0. The zero-order chi connectivity index (χ0) is 28.4. The van der Waals surface area contributed by atoms with E-state index in [2.05, 4.69) is 39.8 Å². The molecule has 5 aliphatic rings. The summed E-state index contributed by atoms with van der Waals surface area (Å²) in [6, 6.07) is 0. The van der Waals surface area contributed by atoms with Crippen LogP contribution in [0.3, 0.4) is 0 Å². The van der Waals surface area contributed by atoms with Gasteiger partial charge < -0.3 is 9.26 Å². The summed E-state index contributed by atoms with van der Waals surface area (Å²) in [6.45, 7) is 13.3. The predicted molar refractivity (Wildman–Crippen MR) is 147 cm³/mol. The number of allylic oxidation sites excluding steroid dienone is 2. The lowest BCUT2D eigenvalue weighted by atomic mass is 9.34. The molecule has 1 unspecified atom stereocenters. The molecule has 1 heterocycles. The van der Waals surface area contributed by atoms with Crippen molar-refractivity contribution < 1.29 is 23.6 Å². The van der Waals surface area contributed by atoms with E-state index in [-0.39, 0.29) is 45.8 Å². The Balaban J connectivity index is 1.52. The Bertz CT molecular complexity index is 1310. The van der Waals surface area contributed by atoms with Gasteiger partial charge >= 0.3 is 5.97 Å². The Morgan fingerprint density at radius 2 is 1.74 bits per heavy atom. The van der Waals surface area contributed by atoms with Crippen molar-refractivity contribution in [2.75, 3.05) is 7.11 Å². The third-order valence-corrected chi connectivity index (χ3v) is 13.4. The predicted octanol–water partition coefficient (Wildman–Crippen LogP) is 6.59. The third-order valence-electron chi connectivity index (χ3n) is 13.0. The molecule has 212 valence electrons. The zero-order valence-electron chi connectivity index (χ0n) is 24.4. The molecule has 0 aliphatic heterocycles. The molecule has 0 radical (unpaired) electrons. The number of esters is 1. The number of fused-ring (bicyclic) bond motifs is 8. The first-order chi connectivity index (χ1) is 18.1. The molecule has 0 N–H and O–H groups in total. The van der Waals surface area contributed by atoms with Gasteiger partial charge in [0.2, 0.25) is 5.24 Å². The molecule has 0 saturated heterocycles. The van der Waals surface area contributed by atoms with Crippen molar-refractivity contribution in [3.05, 3.63) is 29.2 Å². The average Bonchev–Trinajstić information content (AvgIpc) is 3.33. The number of ether oxygens (including phenoxy) is 1. The molecule has 6 rings (SSSR count). The summed E-state index contributed by atoms with van der Waals surface area (Å²) in [4.78, 5) is 41.0. The van der Waals surface area contributed by atoms with E-state index in [1.165, 1.54) is 7.11 Å². The average molecular weight is 556 g/mol. The lowest BCUT2D eigenvalue weighted by Crippen LogP contribution is -2.66. The minimum Gasteiger partial charge on any atom is -0.469 e. The van der Waals surface area contributed by atoms with Crippen LogP contribution in [-0.2, 0) is 31.0 Å². The van der Waals surface area contributed by atoms with Crippen molar-refractivity contribution in [3.8, 4) is 0 Å². The van der Waals surface area contributed by atoms with Crippen LogP contribution in [0.15, 0.2) is 22.4 Å². The van der Waals surface area contributed by atoms with Gasteiger partial charge in [0.1, 0.15) is 5.41 Å². The number of carbonyl (C=O) groups excluding carboxylic acids is 3. The largest absolute Gasteiger partial charge is 0.469 e. The summed E-state index contributed by atoms with van der Waals surface area (Å²) < 4.78 is 11.1. The molecular formula is C32H42ClNO5. The molecule has 0 spiro atoms. The second-order valence-corrected chi connectivity index (χ2v) is 15.5. The number of aromatic nitrogens is 1. The van der Waals surface area contributed by atoms with Gasteiger partial charge in [-0.2, -0.15) is 0 Å². The first kappa shape index (κ1) is 27.2. The molecule has 0 bridgehead atoms. The molecule has 0 aromatic carbocycles. The van der Waals surface area contributed by atoms with Gasteiger partial charge in [0.05, 0.1) is 18.7 Å². The summed E-state index contributed by atoms with van der Waals surface area (Å²) in [7, 11) is 1.49. The van der Waals surface area contributed by atoms with Crippen molar-refractivity contribution in [1.82, 2.24) is 5.16 Å². The maximum absolute atomic E-state index is 14.5.